The maximum atomic E-state index is 13.7. The van der Waals surface area contributed by atoms with Gasteiger partial charge >= 0.3 is 0 Å². The monoisotopic (exact) mass is 270 g/mol. The van der Waals surface area contributed by atoms with Crippen molar-refractivity contribution in [1.82, 2.24) is 0 Å². The van der Waals surface area contributed by atoms with Gasteiger partial charge in [0.25, 0.3) is 0 Å². The molecule has 108 valence electrons. The third kappa shape index (κ3) is 4.59. The molecule has 0 fully saturated rings. The maximum Gasteiger partial charge on any atom is 0.167 e. The molecule has 0 aliphatic heterocycles. The fraction of sp³-hybridized carbons (Fsp3) is 0.571. The summed E-state index contributed by atoms with van der Waals surface area (Å²) in [5.41, 5.74) is 6.85. The number of nitrogen functional groups attached to an aromatic ring is 1. The Morgan fingerprint density at radius 3 is 2.58 bits per heavy atom. The van der Waals surface area contributed by atoms with Gasteiger partial charge in [0.05, 0.1) is 24.1 Å². The van der Waals surface area contributed by atoms with Crippen molar-refractivity contribution >= 4 is 11.4 Å². The smallest absolute Gasteiger partial charge is 0.167 e. The number of hydrogen-bond donors (Lipinski definition) is 2. The summed E-state index contributed by atoms with van der Waals surface area (Å²) in [5, 5.41) is 3.24. The molecule has 1 aromatic rings. The van der Waals surface area contributed by atoms with Crippen LogP contribution in [0, 0.1) is 5.82 Å². The molecule has 0 bridgehead atoms. The van der Waals surface area contributed by atoms with Crippen molar-refractivity contribution in [3.8, 4) is 5.75 Å². The molecular formula is C14H23FN2O2. The van der Waals surface area contributed by atoms with E-state index in [2.05, 4.69) is 5.32 Å². The lowest BCUT2D eigenvalue weighted by molar-refractivity contribution is 0.184. The number of ether oxygens (including phenoxy) is 2. The van der Waals surface area contributed by atoms with Crippen LogP contribution < -0.4 is 15.8 Å². The molecule has 19 heavy (non-hydrogen) atoms. The number of benzene rings is 1. The Kier molecular flexibility index (Phi) is 5.89. The molecular weight excluding hydrogens is 247 g/mol. The highest BCUT2D eigenvalue weighted by Crippen LogP contribution is 2.29. The second-order valence-corrected chi connectivity index (χ2v) is 4.74. The lowest BCUT2D eigenvalue weighted by Gasteiger charge is -2.20. The Morgan fingerprint density at radius 2 is 2.05 bits per heavy atom. The van der Waals surface area contributed by atoms with E-state index in [1.807, 2.05) is 20.8 Å². The summed E-state index contributed by atoms with van der Waals surface area (Å²) in [6, 6.07) is 3.01. The van der Waals surface area contributed by atoms with Gasteiger partial charge in [-0.2, -0.15) is 0 Å². The van der Waals surface area contributed by atoms with Crippen LogP contribution in [-0.4, -0.2) is 25.9 Å². The summed E-state index contributed by atoms with van der Waals surface area (Å²) >= 11 is 0. The summed E-state index contributed by atoms with van der Waals surface area (Å²) in [5.74, 6) is -0.240. The fourth-order valence-electron chi connectivity index (χ4n) is 1.72. The van der Waals surface area contributed by atoms with Gasteiger partial charge in [0, 0.05) is 25.3 Å². The predicted molar refractivity (Wildman–Crippen MR) is 76.2 cm³/mol. The van der Waals surface area contributed by atoms with Crippen molar-refractivity contribution in [3.05, 3.63) is 17.9 Å². The van der Waals surface area contributed by atoms with Crippen LogP contribution in [0.4, 0.5) is 15.8 Å². The third-order valence-electron chi connectivity index (χ3n) is 2.69. The number of nitrogens with two attached hydrogens (primary N) is 1. The molecule has 0 aliphatic carbocycles. The van der Waals surface area contributed by atoms with Gasteiger partial charge in [-0.1, -0.05) is 6.92 Å². The normalized spacial score (nSPS) is 12.5. The van der Waals surface area contributed by atoms with E-state index in [-0.39, 0.29) is 17.9 Å². The van der Waals surface area contributed by atoms with Crippen LogP contribution in [0.5, 0.6) is 5.75 Å². The Balaban J connectivity index is 2.93. The van der Waals surface area contributed by atoms with E-state index in [1.54, 1.807) is 13.2 Å². The lowest BCUT2D eigenvalue weighted by Crippen LogP contribution is -2.24. The summed E-state index contributed by atoms with van der Waals surface area (Å²) in [4.78, 5) is 0. The van der Waals surface area contributed by atoms with Crippen molar-refractivity contribution in [2.75, 3.05) is 24.8 Å². The van der Waals surface area contributed by atoms with E-state index < -0.39 is 5.82 Å². The van der Waals surface area contributed by atoms with E-state index in [9.17, 15) is 4.39 Å². The summed E-state index contributed by atoms with van der Waals surface area (Å²) in [6.45, 7) is 6.31. The fourth-order valence-corrected chi connectivity index (χ4v) is 1.72. The Labute approximate surface area is 114 Å². The molecule has 1 unspecified atom stereocenters. The summed E-state index contributed by atoms with van der Waals surface area (Å²) < 4.78 is 24.2. The van der Waals surface area contributed by atoms with Gasteiger partial charge < -0.3 is 20.5 Å². The molecule has 0 aromatic heterocycles. The number of rotatable bonds is 7. The second-order valence-electron chi connectivity index (χ2n) is 4.74. The predicted octanol–water partition coefficient (Wildman–Crippen LogP) is 3.03. The van der Waals surface area contributed by atoms with Crippen LogP contribution in [-0.2, 0) is 4.74 Å². The van der Waals surface area contributed by atoms with E-state index in [1.165, 1.54) is 6.07 Å². The largest absolute Gasteiger partial charge is 0.488 e. The van der Waals surface area contributed by atoms with Crippen molar-refractivity contribution in [3.63, 3.8) is 0 Å². The van der Waals surface area contributed by atoms with Crippen LogP contribution in [0.3, 0.4) is 0 Å². The van der Waals surface area contributed by atoms with Gasteiger partial charge in [0.1, 0.15) is 0 Å². The van der Waals surface area contributed by atoms with Gasteiger partial charge in [0.15, 0.2) is 11.6 Å². The van der Waals surface area contributed by atoms with E-state index >= 15 is 0 Å². The minimum Gasteiger partial charge on any atom is -0.488 e. The van der Waals surface area contributed by atoms with Crippen molar-refractivity contribution in [2.24, 2.45) is 0 Å². The average molecular weight is 270 g/mol. The van der Waals surface area contributed by atoms with Gasteiger partial charge in [-0.05, 0) is 20.3 Å². The van der Waals surface area contributed by atoms with E-state index in [4.69, 9.17) is 15.2 Å². The Bertz CT molecular complexity index is 411. The molecule has 3 N–H and O–H groups in total. The zero-order chi connectivity index (χ0) is 14.4. The maximum absolute atomic E-state index is 13.7. The van der Waals surface area contributed by atoms with Crippen molar-refractivity contribution in [1.29, 1.82) is 0 Å². The zero-order valence-electron chi connectivity index (χ0n) is 12.0. The molecule has 1 aromatic carbocycles. The highest BCUT2D eigenvalue weighted by molar-refractivity contribution is 5.69. The van der Waals surface area contributed by atoms with Gasteiger partial charge in [0.2, 0.25) is 0 Å². The standard InChI is InChI=1S/C14H23FN2O2/c1-5-10(8-18-4)17-13-7-14(19-9(2)3)11(15)6-12(13)16/h6-7,9-10,17H,5,8,16H2,1-4H3. The molecule has 0 aliphatic rings. The first-order valence-corrected chi connectivity index (χ1v) is 6.49. The topological polar surface area (TPSA) is 56.5 Å². The number of methoxy groups -OCH3 is 1. The summed E-state index contributed by atoms with van der Waals surface area (Å²) in [6.07, 6.45) is 0.789. The molecule has 1 rings (SSSR count). The first-order chi connectivity index (χ1) is 8.97. The minimum absolute atomic E-state index is 0.0908. The highest BCUT2D eigenvalue weighted by Gasteiger charge is 2.13. The lowest BCUT2D eigenvalue weighted by atomic mass is 10.2. The average Bonchev–Trinajstić information content (AvgIpc) is 2.33. The van der Waals surface area contributed by atoms with Crippen LogP contribution in [0.2, 0.25) is 0 Å². The number of hydrogen-bond acceptors (Lipinski definition) is 4. The van der Waals surface area contributed by atoms with Gasteiger partial charge in [-0.15, -0.1) is 0 Å². The van der Waals surface area contributed by atoms with Crippen LogP contribution >= 0.6 is 0 Å². The molecule has 0 saturated heterocycles. The van der Waals surface area contributed by atoms with Crippen molar-refractivity contribution in [2.45, 2.75) is 39.3 Å². The quantitative estimate of drug-likeness (QED) is 0.748. The number of nitrogens with one attached hydrogen (secondary N) is 1. The Morgan fingerprint density at radius 1 is 1.37 bits per heavy atom. The molecule has 0 amide bonds. The zero-order valence-corrected chi connectivity index (χ0v) is 12.0. The van der Waals surface area contributed by atoms with Crippen LogP contribution in [0.15, 0.2) is 12.1 Å². The molecule has 4 nitrogen and oxygen atoms in total. The molecule has 1 atom stereocenters. The van der Waals surface area contributed by atoms with E-state index in [0.29, 0.717) is 18.0 Å². The van der Waals surface area contributed by atoms with Crippen LogP contribution in [0.25, 0.3) is 0 Å². The second kappa shape index (κ2) is 7.19. The third-order valence-corrected chi connectivity index (χ3v) is 2.69. The van der Waals surface area contributed by atoms with Crippen LogP contribution in [0.1, 0.15) is 27.2 Å². The first-order valence-electron chi connectivity index (χ1n) is 6.49. The Hall–Kier alpha value is -1.49. The number of halogens is 1. The molecule has 0 heterocycles. The minimum atomic E-state index is -0.448. The number of anilines is 2. The van der Waals surface area contributed by atoms with E-state index in [0.717, 1.165) is 6.42 Å². The SMILES string of the molecule is CCC(COC)Nc1cc(OC(C)C)c(F)cc1N. The summed E-state index contributed by atoms with van der Waals surface area (Å²) in [7, 11) is 1.64. The first kappa shape index (κ1) is 15.6. The highest BCUT2D eigenvalue weighted by atomic mass is 19.1. The van der Waals surface area contributed by atoms with Gasteiger partial charge in [-0.3, -0.25) is 0 Å². The molecule has 0 radical (unpaired) electrons. The van der Waals surface area contributed by atoms with Crippen molar-refractivity contribution < 1.29 is 13.9 Å². The molecule has 0 spiro atoms. The molecule has 0 saturated carbocycles. The molecule has 5 heteroatoms. The van der Waals surface area contributed by atoms with Gasteiger partial charge in [-0.25, -0.2) is 4.39 Å².